The molecule has 1 N–H and O–H groups in total. The molecule has 1 heterocycles. The summed E-state index contributed by atoms with van der Waals surface area (Å²) in [6, 6.07) is 6.60. The van der Waals surface area contributed by atoms with Crippen molar-refractivity contribution in [3.8, 4) is 0 Å². The average molecular weight is 357 g/mol. The second kappa shape index (κ2) is 7.65. The zero-order valence-electron chi connectivity index (χ0n) is 14.2. The van der Waals surface area contributed by atoms with Crippen molar-refractivity contribution in [1.29, 1.82) is 0 Å². The zero-order chi connectivity index (χ0) is 17.8. The summed E-state index contributed by atoms with van der Waals surface area (Å²) in [6.07, 6.45) is 3.07. The Balaban J connectivity index is 1.59. The number of aromatic nitrogens is 2. The summed E-state index contributed by atoms with van der Waals surface area (Å²) >= 11 is 1.44. The van der Waals surface area contributed by atoms with Crippen LogP contribution in [0, 0.1) is 6.92 Å². The van der Waals surface area contributed by atoms with Gasteiger partial charge in [-0.25, -0.2) is 14.8 Å². The van der Waals surface area contributed by atoms with Gasteiger partial charge in [0.25, 0.3) is 0 Å². The second-order valence-electron chi connectivity index (χ2n) is 5.76. The van der Waals surface area contributed by atoms with Crippen LogP contribution in [0.4, 0.5) is 5.69 Å². The third-order valence-corrected chi connectivity index (χ3v) is 4.95. The van der Waals surface area contributed by atoms with Crippen LogP contribution < -0.4 is 5.32 Å². The van der Waals surface area contributed by atoms with Gasteiger partial charge in [-0.05, 0) is 50.5 Å². The highest BCUT2D eigenvalue weighted by Crippen LogP contribution is 2.29. The minimum absolute atomic E-state index is 0.112. The Hall–Kier alpha value is -2.41. The van der Waals surface area contributed by atoms with Gasteiger partial charge in [-0.2, -0.15) is 0 Å². The van der Waals surface area contributed by atoms with Crippen LogP contribution in [-0.2, 0) is 22.4 Å². The summed E-state index contributed by atoms with van der Waals surface area (Å²) in [7, 11) is 1.33. The maximum Gasteiger partial charge on any atom is 0.337 e. The van der Waals surface area contributed by atoms with E-state index in [0.29, 0.717) is 11.3 Å². The fourth-order valence-corrected chi connectivity index (χ4v) is 3.70. The van der Waals surface area contributed by atoms with E-state index < -0.39 is 5.97 Å². The van der Waals surface area contributed by atoms with E-state index in [4.69, 9.17) is 0 Å². The van der Waals surface area contributed by atoms with Crippen LogP contribution >= 0.6 is 11.8 Å². The van der Waals surface area contributed by atoms with E-state index in [1.807, 2.05) is 6.92 Å². The third-order valence-electron chi connectivity index (χ3n) is 3.94. The summed E-state index contributed by atoms with van der Waals surface area (Å²) in [5, 5.41) is 3.74. The molecule has 0 saturated carbocycles. The number of amides is 1. The molecule has 0 aliphatic heterocycles. The van der Waals surface area contributed by atoms with E-state index in [2.05, 4.69) is 20.0 Å². The normalized spacial score (nSPS) is 12.6. The lowest BCUT2D eigenvalue weighted by atomic mass is 10.2. The van der Waals surface area contributed by atoms with Crippen molar-refractivity contribution >= 4 is 29.3 Å². The molecule has 25 heavy (non-hydrogen) atoms. The molecule has 1 aromatic heterocycles. The first-order valence-corrected chi connectivity index (χ1v) is 9.03. The fourth-order valence-electron chi connectivity index (χ4n) is 2.77. The van der Waals surface area contributed by atoms with Crippen molar-refractivity contribution in [1.82, 2.24) is 9.97 Å². The maximum atomic E-state index is 12.2. The second-order valence-corrected chi connectivity index (χ2v) is 6.72. The topological polar surface area (TPSA) is 81.2 Å². The fraction of sp³-hybridized carbons (Fsp3) is 0.333. The van der Waals surface area contributed by atoms with Crippen LogP contribution in [0.2, 0.25) is 0 Å². The number of nitrogens with one attached hydrogen (secondary N) is 1. The Morgan fingerprint density at radius 1 is 1.20 bits per heavy atom. The Morgan fingerprint density at radius 2 is 1.96 bits per heavy atom. The van der Waals surface area contributed by atoms with Gasteiger partial charge in [-0.1, -0.05) is 11.8 Å². The van der Waals surface area contributed by atoms with Crippen molar-refractivity contribution in [2.75, 3.05) is 18.2 Å². The molecule has 1 amide bonds. The maximum absolute atomic E-state index is 12.2. The smallest absolute Gasteiger partial charge is 0.337 e. The number of carbonyl (C=O) groups excluding carboxylic acids is 2. The first-order chi connectivity index (χ1) is 12.1. The first kappa shape index (κ1) is 17.4. The van der Waals surface area contributed by atoms with Crippen LogP contribution in [0.1, 0.15) is 33.9 Å². The van der Waals surface area contributed by atoms with Crippen LogP contribution in [0.15, 0.2) is 29.3 Å². The van der Waals surface area contributed by atoms with Gasteiger partial charge in [-0.15, -0.1) is 0 Å². The lowest BCUT2D eigenvalue weighted by Gasteiger charge is -2.09. The monoisotopic (exact) mass is 357 g/mol. The Bertz CT molecular complexity index is 806. The molecule has 2 aromatic rings. The van der Waals surface area contributed by atoms with Gasteiger partial charge in [0.2, 0.25) is 5.91 Å². The van der Waals surface area contributed by atoms with Gasteiger partial charge in [0.15, 0.2) is 0 Å². The standard InChI is InChI=1S/C18H19N3O3S/c1-11-19-15-5-3-4-14(15)17(20-11)25-10-16(22)21-13-8-6-12(7-9-13)18(23)24-2/h6-9H,3-5,10H2,1-2H3,(H,21,22). The van der Waals surface area contributed by atoms with E-state index in [-0.39, 0.29) is 11.7 Å². The van der Waals surface area contributed by atoms with E-state index in [0.717, 1.165) is 35.8 Å². The number of thioether (sulfide) groups is 1. The highest BCUT2D eigenvalue weighted by Gasteiger charge is 2.19. The van der Waals surface area contributed by atoms with Crippen LogP contribution in [0.5, 0.6) is 0 Å². The third kappa shape index (κ3) is 4.17. The Labute approximate surface area is 150 Å². The largest absolute Gasteiger partial charge is 0.465 e. The number of nitrogens with zero attached hydrogens (tertiary/aromatic N) is 2. The molecule has 3 rings (SSSR count). The number of esters is 1. The molecule has 0 fully saturated rings. The van der Waals surface area contributed by atoms with Crippen molar-refractivity contribution < 1.29 is 14.3 Å². The number of carbonyl (C=O) groups is 2. The molecule has 1 aliphatic carbocycles. The molecule has 0 spiro atoms. The highest BCUT2D eigenvalue weighted by molar-refractivity contribution is 8.00. The number of rotatable bonds is 5. The molecule has 0 unspecified atom stereocenters. The number of hydrogen-bond acceptors (Lipinski definition) is 6. The molecule has 6 nitrogen and oxygen atoms in total. The van der Waals surface area contributed by atoms with Crippen molar-refractivity contribution in [3.05, 3.63) is 46.9 Å². The highest BCUT2D eigenvalue weighted by atomic mass is 32.2. The number of methoxy groups -OCH3 is 1. The molecule has 130 valence electrons. The van der Waals surface area contributed by atoms with Gasteiger partial charge in [0.05, 0.1) is 18.4 Å². The average Bonchev–Trinajstić information content (AvgIpc) is 3.08. The Morgan fingerprint density at radius 3 is 2.68 bits per heavy atom. The van der Waals surface area contributed by atoms with E-state index in [1.54, 1.807) is 24.3 Å². The van der Waals surface area contributed by atoms with E-state index >= 15 is 0 Å². The SMILES string of the molecule is COC(=O)c1ccc(NC(=O)CSc2nc(C)nc3c2CCC3)cc1. The number of anilines is 1. The van der Waals surface area contributed by atoms with E-state index in [1.165, 1.54) is 24.4 Å². The number of hydrogen-bond donors (Lipinski definition) is 1. The summed E-state index contributed by atoms with van der Waals surface area (Å²) in [5.74, 6) is 0.518. The number of ether oxygens (including phenoxy) is 1. The number of aryl methyl sites for hydroxylation is 2. The predicted octanol–water partition coefficient (Wildman–Crippen LogP) is 2.79. The van der Waals surface area contributed by atoms with Gasteiger partial charge >= 0.3 is 5.97 Å². The minimum atomic E-state index is -0.401. The quantitative estimate of drug-likeness (QED) is 0.503. The molecule has 0 bridgehead atoms. The minimum Gasteiger partial charge on any atom is -0.465 e. The summed E-state index contributed by atoms with van der Waals surface area (Å²) in [5.41, 5.74) is 3.39. The molecule has 7 heteroatoms. The zero-order valence-corrected chi connectivity index (χ0v) is 15.0. The molecule has 0 atom stereocenters. The van der Waals surface area contributed by atoms with Crippen molar-refractivity contribution in [2.45, 2.75) is 31.2 Å². The summed E-state index contributed by atoms with van der Waals surface area (Å²) in [6.45, 7) is 1.88. The van der Waals surface area contributed by atoms with Crippen LogP contribution in [0.3, 0.4) is 0 Å². The predicted molar refractivity (Wildman–Crippen MR) is 95.9 cm³/mol. The molecule has 1 aliphatic rings. The van der Waals surface area contributed by atoms with E-state index in [9.17, 15) is 9.59 Å². The number of benzene rings is 1. The number of fused-ring (bicyclic) bond motifs is 1. The Kier molecular flexibility index (Phi) is 5.33. The molecular weight excluding hydrogens is 338 g/mol. The van der Waals surface area contributed by atoms with Gasteiger partial charge < -0.3 is 10.1 Å². The summed E-state index contributed by atoms with van der Waals surface area (Å²) in [4.78, 5) is 32.5. The van der Waals surface area contributed by atoms with Gasteiger partial charge in [0.1, 0.15) is 10.9 Å². The molecule has 1 aromatic carbocycles. The van der Waals surface area contributed by atoms with Crippen molar-refractivity contribution in [3.63, 3.8) is 0 Å². The first-order valence-electron chi connectivity index (χ1n) is 8.04. The molecule has 0 saturated heterocycles. The van der Waals surface area contributed by atoms with Crippen LogP contribution in [-0.4, -0.2) is 34.7 Å². The lowest BCUT2D eigenvalue weighted by molar-refractivity contribution is -0.113. The van der Waals surface area contributed by atoms with Crippen LogP contribution in [0.25, 0.3) is 0 Å². The summed E-state index contributed by atoms with van der Waals surface area (Å²) < 4.78 is 4.65. The molecular formula is C18H19N3O3S. The van der Waals surface area contributed by atoms with Gasteiger partial charge in [0, 0.05) is 16.9 Å². The van der Waals surface area contributed by atoms with Gasteiger partial charge in [-0.3, -0.25) is 4.79 Å². The lowest BCUT2D eigenvalue weighted by Crippen LogP contribution is -2.14. The molecule has 0 radical (unpaired) electrons. The van der Waals surface area contributed by atoms with Crippen molar-refractivity contribution in [2.24, 2.45) is 0 Å².